The first-order valence-electron chi connectivity index (χ1n) is 5.30. The lowest BCUT2D eigenvalue weighted by molar-refractivity contribution is -0.123. The quantitative estimate of drug-likeness (QED) is 0.786. The number of carbonyl (C=O) groups excluding carboxylic acids is 1. The van der Waals surface area contributed by atoms with E-state index in [2.05, 4.69) is 10.6 Å². The van der Waals surface area contributed by atoms with Gasteiger partial charge in [0.2, 0.25) is 0 Å². The molecule has 1 aromatic rings. The highest BCUT2D eigenvalue weighted by molar-refractivity contribution is 7.80. The normalized spacial score (nSPS) is 23.2. The van der Waals surface area contributed by atoms with E-state index in [1.807, 2.05) is 31.2 Å². The van der Waals surface area contributed by atoms with Gasteiger partial charge >= 0.3 is 0 Å². The van der Waals surface area contributed by atoms with E-state index in [1.165, 1.54) is 0 Å². The molecule has 0 aromatic heterocycles. The first-order chi connectivity index (χ1) is 8.03. The monoisotopic (exact) mass is 250 g/mol. The van der Waals surface area contributed by atoms with Gasteiger partial charge in [0.25, 0.3) is 5.91 Å². The number of methoxy groups -OCH3 is 1. The molecule has 2 rings (SSSR count). The van der Waals surface area contributed by atoms with Gasteiger partial charge in [-0.15, -0.1) is 0 Å². The highest BCUT2D eigenvalue weighted by Gasteiger charge is 2.39. The summed E-state index contributed by atoms with van der Waals surface area (Å²) in [6.07, 6.45) is 0.586. The maximum Gasteiger partial charge on any atom is 0.251 e. The fourth-order valence-electron chi connectivity index (χ4n) is 1.86. The lowest BCUT2D eigenvalue weighted by atomic mass is 9.93. The van der Waals surface area contributed by atoms with Crippen molar-refractivity contribution < 1.29 is 9.53 Å². The zero-order chi connectivity index (χ0) is 12.5. The van der Waals surface area contributed by atoms with Crippen LogP contribution in [0.25, 0.3) is 0 Å². The van der Waals surface area contributed by atoms with Gasteiger partial charge in [0.15, 0.2) is 5.11 Å². The second-order valence-electron chi connectivity index (χ2n) is 4.27. The second-order valence-corrected chi connectivity index (χ2v) is 4.67. The molecule has 0 radical (unpaired) electrons. The van der Waals surface area contributed by atoms with Crippen molar-refractivity contribution in [2.24, 2.45) is 0 Å². The molecule has 1 aromatic carbocycles. The molecule has 1 fully saturated rings. The number of thiocarbonyl (C=S) groups is 1. The van der Waals surface area contributed by atoms with Gasteiger partial charge in [0.05, 0.1) is 7.11 Å². The maximum absolute atomic E-state index is 11.7. The standard InChI is InChI=1S/C12H14N2O2S/c1-12(10(15)13-11(17)14-12)7-8-3-5-9(16-2)6-4-8/h3-6H,7H2,1-2H3,(H2,13,14,15,17). The van der Waals surface area contributed by atoms with Crippen LogP contribution in [-0.4, -0.2) is 23.7 Å². The third-order valence-corrected chi connectivity index (χ3v) is 3.04. The molecule has 4 nitrogen and oxygen atoms in total. The lowest BCUT2D eigenvalue weighted by Crippen LogP contribution is -2.45. The zero-order valence-corrected chi connectivity index (χ0v) is 10.6. The van der Waals surface area contributed by atoms with Crippen LogP contribution in [0.2, 0.25) is 0 Å². The van der Waals surface area contributed by atoms with Crippen molar-refractivity contribution >= 4 is 23.2 Å². The van der Waals surface area contributed by atoms with Crippen LogP contribution in [0.3, 0.4) is 0 Å². The zero-order valence-electron chi connectivity index (χ0n) is 9.74. The topological polar surface area (TPSA) is 50.4 Å². The number of hydrogen-bond donors (Lipinski definition) is 2. The van der Waals surface area contributed by atoms with Gasteiger partial charge in [-0.1, -0.05) is 12.1 Å². The minimum Gasteiger partial charge on any atom is -0.497 e. The Kier molecular flexibility index (Phi) is 3.02. The number of carbonyl (C=O) groups is 1. The number of hydrogen-bond acceptors (Lipinski definition) is 3. The molecule has 1 saturated heterocycles. The summed E-state index contributed by atoms with van der Waals surface area (Å²) in [5.74, 6) is 0.719. The van der Waals surface area contributed by atoms with Crippen molar-refractivity contribution in [2.45, 2.75) is 18.9 Å². The van der Waals surface area contributed by atoms with Crippen molar-refractivity contribution in [2.75, 3.05) is 7.11 Å². The summed E-state index contributed by atoms with van der Waals surface area (Å²) in [4.78, 5) is 11.7. The molecule has 0 bridgehead atoms. The first-order valence-corrected chi connectivity index (χ1v) is 5.71. The number of ether oxygens (including phenoxy) is 1. The van der Waals surface area contributed by atoms with Crippen LogP contribution in [0.4, 0.5) is 0 Å². The Bertz CT molecular complexity index is 458. The summed E-state index contributed by atoms with van der Waals surface area (Å²) in [6.45, 7) is 1.84. The molecule has 1 amide bonds. The Balaban J connectivity index is 2.14. The smallest absolute Gasteiger partial charge is 0.251 e. The summed E-state index contributed by atoms with van der Waals surface area (Å²) in [5.41, 5.74) is 0.395. The minimum absolute atomic E-state index is 0.0849. The SMILES string of the molecule is COc1ccc(CC2(C)NC(=S)NC2=O)cc1. The Hall–Kier alpha value is -1.62. The van der Waals surface area contributed by atoms with Crippen LogP contribution in [0.15, 0.2) is 24.3 Å². The highest BCUT2D eigenvalue weighted by atomic mass is 32.1. The molecule has 1 heterocycles. The predicted octanol–water partition coefficient (Wildman–Crippen LogP) is 1.00. The Labute approximate surface area is 105 Å². The van der Waals surface area contributed by atoms with Crippen LogP contribution < -0.4 is 15.4 Å². The molecule has 1 atom stereocenters. The highest BCUT2D eigenvalue weighted by Crippen LogP contribution is 2.19. The fraction of sp³-hybridized carbons (Fsp3) is 0.333. The summed E-state index contributed by atoms with van der Waals surface area (Å²) < 4.78 is 5.09. The Morgan fingerprint density at radius 3 is 2.47 bits per heavy atom. The van der Waals surface area contributed by atoms with Gasteiger partial charge in [0, 0.05) is 6.42 Å². The van der Waals surface area contributed by atoms with E-state index in [-0.39, 0.29) is 5.91 Å². The van der Waals surface area contributed by atoms with Crippen molar-refractivity contribution in [3.05, 3.63) is 29.8 Å². The molecule has 17 heavy (non-hydrogen) atoms. The number of nitrogens with one attached hydrogen (secondary N) is 2. The van der Waals surface area contributed by atoms with E-state index in [4.69, 9.17) is 17.0 Å². The average molecular weight is 250 g/mol. The van der Waals surface area contributed by atoms with Crippen molar-refractivity contribution in [3.8, 4) is 5.75 Å². The van der Waals surface area contributed by atoms with Crippen molar-refractivity contribution in [1.29, 1.82) is 0 Å². The van der Waals surface area contributed by atoms with Crippen LogP contribution in [0.1, 0.15) is 12.5 Å². The fourth-order valence-corrected chi connectivity index (χ4v) is 2.17. The van der Waals surface area contributed by atoms with Crippen LogP contribution in [-0.2, 0) is 11.2 Å². The van der Waals surface area contributed by atoms with Crippen LogP contribution in [0, 0.1) is 0 Å². The number of benzene rings is 1. The lowest BCUT2D eigenvalue weighted by Gasteiger charge is -2.21. The molecule has 0 aliphatic carbocycles. The van der Waals surface area contributed by atoms with E-state index < -0.39 is 5.54 Å². The molecule has 1 unspecified atom stereocenters. The van der Waals surface area contributed by atoms with Crippen molar-refractivity contribution in [1.82, 2.24) is 10.6 Å². The minimum atomic E-state index is -0.661. The molecule has 1 aliphatic heterocycles. The van der Waals surface area contributed by atoms with Gasteiger partial charge < -0.3 is 15.4 Å². The molecular formula is C12H14N2O2S. The van der Waals surface area contributed by atoms with Gasteiger partial charge in [0.1, 0.15) is 11.3 Å². The molecule has 0 saturated carbocycles. The van der Waals surface area contributed by atoms with Gasteiger partial charge in [-0.3, -0.25) is 4.79 Å². The number of amides is 1. The summed E-state index contributed by atoms with van der Waals surface area (Å²) in [6, 6.07) is 7.65. The largest absolute Gasteiger partial charge is 0.497 e. The molecule has 2 N–H and O–H groups in total. The van der Waals surface area contributed by atoms with Crippen LogP contribution in [0.5, 0.6) is 5.75 Å². The Morgan fingerprint density at radius 2 is 2.00 bits per heavy atom. The van der Waals surface area contributed by atoms with Gasteiger partial charge in [-0.25, -0.2) is 0 Å². The Morgan fingerprint density at radius 1 is 1.35 bits per heavy atom. The average Bonchev–Trinajstić information content (AvgIpc) is 2.53. The third kappa shape index (κ3) is 2.39. The number of rotatable bonds is 3. The van der Waals surface area contributed by atoms with Crippen molar-refractivity contribution in [3.63, 3.8) is 0 Å². The predicted molar refractivity (Wildman–Crippen MR) is 69.0 cm³/mol. The van der Waals surface area contributed by atoms with E-state index in [0.717, 1.165) is 11.3 Å². The summed E-state index contributed by atoms with van der Waals surface area (Å²) >= 11 is 4.94. The summed E-state index contributed by atoms with van der Waals surface area (Å²) in [5, 5.41) is 6.00. The van der Waals surface area contributed by atoms with Crippen LogP contribution >= 0.6 is 12.2 Å². The molecule has 0 spiro atoms. The first kappa shape index (κ1) is 11.9. The van der Waals surface area contributed by atoms with E-state index in [0.29, 0.717) is 11.5 Å². The molecule has 1 aliphatic rings. The molecular weight excluding hydrogens is 236 g/mol. The van der Waals surface area contributed by atoms with Gasteiger partial charge in [-0.2, -0.15) is 0 Å². The third-order valence-electron chi connectivity index (χ3n) is 2.83. The summed E-state index contributed by atoms with van der Waals surface area (Å²) in [7, 11) is 1.63. The van der Waals surface area contributed by atoms with Gasteiger partial charge in [-0.05, 0) is 36.8 Å². The van der Waals surface area contributed by atoms with E-state index >= 15 is 0 Å². The molecule has 5 heteroatoms. The van der Waals surface area contributed by atoms with E-state index in [9.17, 15) is 4.79 Å². The maximum atomic E-state index is 11.7. The molecule has 90 valence electrons. The second kappa shape index (κ2) is 4.33. The van der Waals surface area contributed by atoms with E-state index in [1.54, 1.807) is 7.11 Å².